The number of hydrogen-bond acceptors (Lipinski definition) is 12. The van der Waals surface area contributed by atoms with E-state index < -0.39 is 23.8 Å². The lowest BCUT2D eigenvalue weighted by Crippen LogP contribution is -2.31. The van der Waals surface area contributed by atoms with E-state index in [1.54, 1.807) is 6.20 Å². The summed E-state index contributed by atoms with van der Waals surface area (Å²) < 4.78 is 55.5. The van der Waals surface area contributed by atoms with Crippen molar-refractivity contribution in [3.63, 3.8) is 0 Å². The van der Waals surface area contributed by atoms with Crippen LogP contribution in [0.3, 0.4) is 0 Å². The van der Waals surface area contributed by atoms with Crippen molar-refractivity contribution in [3.05, 3.63) is 52.4 Å². The number of nitrogens with zero attached hydrogens (tertiary/aromatic N) is 7. The third kappa shape index (κ3) is 5.57. The highest BCUT2D eigenvalue weighted by atomic mass is 35.5. The standard InChI is InChI=1S/C26H19ClF2N8O2S.C7H12FN/c1-10(13-8-33-9-34-23(13)31)37-5-6-39-21-17-20(35-26(38-2)36-25(17)37)19(29)16(18(21)27)11-3-4-14(28)22-15(11)12(7-30)24(32)40-22;8-6-4-7-2-1-3-9(7)5-6/h3-4,8-10H,5-6,32H2,1-2H3,(H2,31,33,34);6-7H,1-5H2. The number of anilines is 3. The number of nitrogens with two attached hydrogens (primary N) is 2. The summed E-state index contributed by atoms with van der Waals surface area (Å²) in [4.78, 5) is 21.2. The van der Waals surface area contributed by atoms with Crippen LogP contribution in [0.1, 0.15) is 43.4 Å². The summed E-state index contributed by atoms with van der Waals surface area (Å²) >= 11 is 7.78. The molecule has 49 heavy (non-hydrogen) atoms. The summed E-state index contributed by atoms with van der Waals surface area (Å²) in [7, 11) is 1.37. The molecule has 5 aromatic rings. The van der Waals surface area contributed by atoms with E-state index in [9.17, 15) is 14.0 Å². The molecule has 8 rings (SSSR count). The molecule has 0 spiro atoms. The molecule has 11 nitrogen and oxygen atoms in total. The number of methoxy groups -OCH3 is 1. The van der Waals surface area contributed by atoms with Gasteiger partial charge in [-0.15, -0.1) is 11.3 Å². The van der Waals surface area contributed by atoms with Gasteiger partial charge in [-0.1, -0.05) is 17.7 Å². The Hall–Kier alpha value is -4.65. The number of fused-ring (bicyclic) bond motifs is 2. The second kappa shape index (κ2) is 13.0. The van der Waals surface area contributed by atoms with Gasteiger partial charge in [0.25, 0.3) is 0 Å². The van der Waals surface area contributed by atoms with Crippen molar-refractivity contribution in [3.8, 4) is 29.0 Å². The highest BCUT2D eigenvalue weighted by Crippen LogP contribution is 2.51. The number of rotatable bonds is 4. The summed E-state index contributed by atoms with van der Waals surface area (Å²) in [6.07, 6.45) is 5.76. The molecular weight excluding hydrogens is 679 g/mol. The number of halogens is 4. The van der Waals surface area contributed by atoms with Crippen molar-refractivity contribution < 1.29 is 22.6 Å². The quantitative estimate of drug-likeness (QED) is 0.212. The predicted molar refractivity (Wildman–Crippen MR) is 183 cm³/mol. The lowest BCUT2D eigenvalue weighted by atomic mass is 9.96. The minimum atomic E-state index is -0.826. The van der Waals surface area contributed by atoms with Crippen LogP contribution in [-0.2, 0) is 0 Å². The number of nitriles is 1. The highest BCUT2D eigenvalue weighted by molar-refractivity contribution is 7.23. The smallest absolute Gasteiger partial charge is 0.318 e. The molecule has 0 radical (unpaired) electrons. The summed E-state index contributed by atoms with van der Waals surface area (Å²) in [6.45, 7) is 4.19. The van der Waals surface area contributed by atoms with Gasteiger partial charge in [-0.25, -0.2) is 23.1 Å². The maximum Gasteiger partial charge on any atom is 0.318 e. The second-order valence-corrected chi connectivity index (χ2v) is 13.5. The van der Waals surface area contributed by atoms with Crippen LogP contribution >= 0.6 is 22.9 Å². The Morgan fingerprint density at radius 2 is 2.02 bits per heavy atom. The van der Waals surface area contributed by atoms with Crippen LogP contribution < -0.4 is 25.8 Å². The average molecular weight is 710 g/mol. The molecule has 3 aromatic heterocycles. The Labute approximate surface area is 288 Å². The molecule has 0 amide bonds. The van der Waals surface area contributed by atoms with E-state index in [-0.39, 0.29) is 71.9 Å². The van der Waals surface area contributed by atoms with Gasteiger partial charge in [0.1, 0.15) is 53.1 Å². The normalized spacial score (nSPS) is 19.2. The Morgan fingerprint density at radius 3 is 2.76 bits per heavy atom. The van der Waals surface area contributed by atoms with E-state index >= 15 is 4.39 Å². The molecule has 16 heteroatoms. The third-order valence-electron chi connectivity index (χ3n) is 9.33. The van der Waals surface area contributed by atoms with Gasteiger partial charge >= 0.3 is 6.01 Å². The van der Waals surface area contributed by atoms with Gasteiger partial charge < -0.3 is 25.8 Å². The zero-order valence-electron chi connectivity index (χ0n) is 26.5. The first kappa shape index (κ1) is 32.9. The number of benzene rings is 2. The van der Waals surface area contributed by atoms with E-state index in [2.05, 4.69) is 24.8 Å². The zero-order valence-corrected chi connectivity index (χ0v) is 28.1. The zero-order chi connectivity index (χ0) is 34.6. The summed E-state index contributed by atoms with van der Waals surface area (Å²) in [5.41, 5.74) is 12.7. The fraction of sp³-hybridized carbons (Fsp3) is 0.364. The minimum absolute atomic E-state index is 0.0282. The van der Waals surface area contributed by atoms with Crippen LogP contribution in [0, 0.1) is 23.0 Å². The number of aromatic nitrogens is 4. The van der Waals surface area contributed by atoms with Crippen molar-refractivity contribution in [2.24, 2.45) is 0 Å². The SMILES string of the molecule is COc1nc2c3c(c(Cl)c(-c4ccc(F)c5sc(N)c(C#N)c45)c(F)c3n1)OCCN2C(C)c1cncnc1N.FC1CC2CCCN2C1. The minimum Gasteiger partial charge on any atom is -0.489 e. The highest BCUT2D eigenvalue weighted by Gasteiger charge is 2.35. The maximum atomic E-state index is 16.6. The van der Waals surface area contributed by atoms with Gasteiger partial charge in [-0.05, 0) is 44.4 Å². The maximum absolute atomic E-state index is 16.6. The molecule has 6 heterocycles. The fourth-order valence-corrected chi connectivity index (χ4v) is 8.29. The third-order valence-corrected chi connectivity index (χ3v) is 10.7. The lowest BCUT2D eigenvalue weighted by Gasteiger charge is -2.30. The van der Waals surface area contributed by atoms with E-state index in [0.29, 0.717) is 30.5 Å². The number of alkyl halides is 1. The largest absolute Gasteiger partial charge is 0.489 e. The molecule has 0 bridgehead atoms. The number of thiophene rings is 1. The predicted octanol–water partition coefficient (Wildman–Crippen LogP) is 6.43. The van der Waals surface area contributed by atoms with Gasteiger partial charge in [-0.3, -0.25) is 4.90 Å². The first-order valence-electron chi connectivity index (χ1n) is 15.6. The van der Waals surface area contributed by atoms with Crippen LogP contribution in [0.2, 0.25) is 5.02 Å². The lowest BCUT2D eigenvalue weighted by molar-refractivity contribution is 0.292. The Morgan fingerprint density at radius 1 is 1.20 bits per heavy atom. The van der Waals surface area contributed by atoms with Crippen LogP contribution in [0.5, 0.6) is 11.8 Å². The van der Waals surface area contributed by atoms with E-state index in [1.165, 1.54) is 38.4 Å². The number of nitrogen functional groups attached to an aromatic ring is 2. The molecule has 3 unspecified atom stereocenters. The van der Waals surface area contributed by atoms with Gasteiger partial charge in [0, 0.05) is 35.3 Å². The van der Waals surface area contributed by atoms with Crippen LogP contribution in [-0.4, -0.2) is 70.4 Å². The van der Waals surface area contributed by atoms with Crippen LogP contribution in [0.15, 0.2) is 24.7 Å². The molecule has 2 saturated heterocycles. The molecule has 3 atom stereocenters. The Bertz CT molecular complexity index is 2130. The molecule has 254 valence electrons. The van der Waals surface area contributed by atoms with Crippen molar-refractivity contribution in [1.29, 1.82) is 5.26 Å². The Kier molecular flexibility index (Phi) is 8.72. The van der Waals surface area contributed by atoms with Gasteiger partial charge in [-0.2, -0.15) is 15.2 Å². The fourth-order valence-electron chi connectivity index (χ4n) is 7.01. The van der Waals surface area contributed by atoms with Crippen molar-refractivity contribution in [2.75, 3.05) is 49.7 Å². The van der Waals surface area contributed by atoms with Crippen molar-refractivity contribution >= 4 is 60.6 Å². The van der Waals surface area contributed by atoms with Gasteiger partial charge in [0.15, 0.2) is 11.6 Å². The number of hydrogen-bond donors (Lipinski definition) is 2. The number of ether oxygens (including phenoxy) is 2. The topological polar surface area (TPSA) is 152 Å². The molecule has 4 N–H and O–H groups in total. The van der Waals surface area contributed by atoms with Crippen molar-refractivity contribution in [1.82, 2.24) is 24.8 Å². The molecule has 0 saturated carbocycles. The molecule has 3 aliphatic rings. The van der Waals surface area contributed by atoms with E-state index in [0.717, 1.165) is 24.3 Å². The van der Waals surface area contributed by atoms with Crippen molar-refractivity contribution in [2.45, 2.75) is 44.4 Å². The Balaban J connectivity index is 0.000000361. The molecule has 3 aliphatic heterocycles. The first-order chi connectivity index (χ1) is 23.6. The van der Waals surface area contributed by atoms with E-state index in [4.69, 9.17) is 32.5 Å². The second-order valence-electron chi connectivity index (χ2n) is 12.0. The summed E-state index contributed by atoms with van der Waals surface area (Å²) in [5.74, 6) is -0.693. The molecular formula is C33H31ClF3N9O2S. The molecule has 2 aromatic carbocycles. The van der Waals surface area contributed by atoms with Gasteiger partial charge in [0.2, 0.25) is 0 Å². The van der Waals surface area contributed by atoms with Crippen LogP contribution in [0.25, 0.3) is 32.1 Å². The summed E-state index contributed by atoms with van der Waals surface area (Å²) in [6, 6.07) is 4.64. The van der Waals surface area contributed by atoms with E-state index in [1.807, 2.05) is 17.9 Å². The summed E-state index contributed by atoms with van der Waals surface area (Å²) in [5, 5.41) is 10.2. The molecule has 2 fully saturated rings. The first-order valence-corrected chi connectivity index (χ1v) is 16.8. The van der Waals surface area contributed by atoms with Gasteiger partial charge in [0.05, 0.1) is 40.4 Å². The average Bonchev–Trinajstić information content (AvgIpc) is 3.73. The molecule has 0 aliphatic carbocycles. The van der Waals surface area contributed by atoms with Crippen LogP contribution in [0.4, 0.5) is 29.8 Å². The monoisotopic (exact) mass is 709 g/mol.